The molecule has 2 atom stereocenters. The lowest BCUT2D eigenvalue weighted by atomic mass is 9.94. The molecule has 1 aliphatic heterocycles. The molecule has 3 heteroatoms. The van der Waals surface area contributed by atoms with Gasteiger partial charge in [0.25, 0.3) is 0 Å². The number of fused-ring (bicyclic) bond motifs is 1. The second-order valence-electron chi connectivity index (χ2n) is 5.09. The Hall–Kier alpha value is -1.45. The topological polar surface area (TPSA) is 34.2 Å². The van der Waals surface area contributed by atoms with Crippen LogP contribution >= 0.6 is 0 Å². The number of benzene rings is 1. The molecule has 2 heterocycles. The van der Waals surface area contributed by atoms with Gasteiger partial charge in [0.15, 0.2) is 0 Å². The van der Waals surface area contributed by atoms with Crippen molar-refractivity contribution in [3.05, 3.63) is 42.1 Å². The summed E-state index contributed by atoms with van der Waals surface area (Å²) >= 11 is 0. The molecule has 0 amide bonds. The van der Waals surface area contributed by atoms with Crippen LogP contribution in [0.4, 0.5) is 0 Å². The van der Waals surface area contributed by atoms with E-state index in [1.54, 1.807) is 0 Å². The molecule has 0 bridgehead atoms. The van der Waals surface area contributed by atoms with E-state index in [4.69, 9.17) is 4.74 Å². The molecule has 1 aromatic carbocycles. The fraction of sp³-hybridized carbons (Fsp3) is 0.438. The number of hydrogen-bond acceptors (Lipinski definition) is 3. The van der Waals surface area contributed by atoms with Crippen LogP contribution in [0, 0.1) is 0 Å². The second-order valence-corrected chi connectivity index (χ2v) is 5.09. The highest BCUT2D eigenvalue weighted by Crippen LogP contribution is 2.29. The molecule has 0 spiro atoms. The van der Waals surface area contributed by atoms with Gasteiger partial charge in [-0.15, -0.1) is 0 Å². The van der Waals surface area contributed by atoms with Gasteiger partial charge in [0.1, 0.15) is 0 Å². The summed E-state index contributed by atoms with van der Waals surface area (Å²) in [5.74, 6) is 0. The summed E-state index contributed by atoms with van der Waals surface area (Å²) in [4.78, 5) is 4.55. The minimum atomic E-state index is 0.221. The van der Waals surface area contributed by atoms with E-state index in [2.05, 4.69) is 34.6 Å². The van der Waals surface area contributed by atoms with Crippen molar-refractivity contribution in [2.75, 3.05) is 13.7 Å². The predicted molar refractivity (Wildman–Crippen MR) is 77.1 cm³/mol. The Morgan fingerprint density at radius 2 is 2.16 bits per heavy atom. The largest absolute Gasteiger partial charge is 0.376 e. The maximum Gasteiger partial charge on any atom is 0.0770 e. The number of pyridine rings is 1. The quantitative estimate of drug-likeness (QED) is 0.916. The van der Waals surface area contributed by atoms with Crippen molar-refractivity contribution in [2.24, 2.45) is 0 Å². The van der Waals surface area contributed by atoms with Crippen molar-refractivity contribution in [3.8, 4) is 0 Å². The number of rotatable bonds is 3. The van der Waals surface area contributed by atoms with Crippen molar-refractivity contribution in [1.82, 2.24) is 10.3 Å². The summed E-state index contributed by atoms with van der Waals surface area (Å²) in [6, 6.07) is 10.7. The zero-order valence-corrected chi connectivity index (χ0v) is 11.3. The Morgan fingerprint density at radius 1 is 1.26 bits per heavy atom. The van der Waals surface area contributed by atoms with E-state index in [-0.39, 0.29) is 12.1 Å². The van der Waals surface area contributed by atoms with Crippen LogP contribution < -0.4 is 5.32 Å². The number of ether oxygens (including phenoxy) is 1. The van der Waals surface area contributed by atoms with E-state index in [9.17, 15) is 0 Å². The zero-order valence-electron chi connectivity index (χ0n) is 11.3. The minimum Gasteiger partial charge on any atom is -0.376 e. The van der Waals surface area contributed by atoms with Crippen molar-refractivity contribution in [3.63, 3.8) is 0 Å². The van der Waals surface area contributed by atoms with Crippen LogP contribution in [0.5, 0.6) is 0 Å². The molecule has 100 valence electrons. The fourth-order valence-corrected chi connectivity index (χ4v) is 2.95. The van der Waals surface area contributed by atoms with Crippen LogP contribution in [0.15, 0.2) is 36.5 Å². The zero-order chi connectivity index (χ0) is 13.1. The molecule has 19 heavy (non-hydrogen) atoms. The highest BCUT2D eigenvalue weighted by atomic mass is 16.5. The molecule has 0 radical (unpaired) electrons. The van der Waals surface area contributed by atoms with Gasteiger partial charge in [0.05, 0.1) is 17.7 Å². The van der Waals surface area contributed by atoms with Crippen LogP contribution in [-0.2, 0) is 4.74 Å². The highest BCUT2D eigenvalue weighted by molar-refractivity contribution is 5.82. The Bertz CT molecular complexity index is 544. The first kappa shape index (κ1) is 12.6. The van der Waals surface area contributed by atoms with Gasteiger partial charge in [-0.3, -0.25) is 4.98 Å². The number of aromatic nitrogens is 1. The summed E-state index contributed by atoms with van der Waals surface area (Å²) < 4.78 is 5.94. The van der Waals surface area contributed by atoms with Crippen LogP contribution in [0.3, 0.4) is 0 Å². The van der Waals surface area contributed by atoms with Gasteiger partial charge in [0.2, 0.25) is 0 Å². The number of para-hydroxylation sites is 1. The number of likely N-dealkylation sites (N-methyl/N-ethyl adjacent to an activating group) is 1. The Morgan fingerprint density at radius 3 is 2.95 bits per heavy atom. The lowest BCUT2D eigenvalue weighted by molar-refractivity contribution is -0.00636. The van der Waals surface area contributed by atoms with Gasteiger partial charge in [-0.25, -0.2) is 0 Å². The van der Waals surface area contributed by atoms with Gasteiger partial charge in [0, 0.05) is 18.2 Å². The summed E-state index contributed by atoms with van der Waals surface area (Å²) in [5, 5.41) is 4.61. The fourth-order valence-electron chi connectivity index (χ4n) is 2.95. The molecule has 0 aliphatic carbocycles. The lowest BCUT2D eigenvalue weighted by Crippen LogP contribution is -2.34. The van der Waals surface area contributed by atoms with Gasteiger partial charge in [-0.1, -0.05) is 24.3 Å². The van der Waals surface area contributed by atoms with E-state index in [0.717, 1.165) is 18.5 Å². The van der Waals surface area contributed by atoms with E-state index in [1.807, 2.05) is 19.3 Å². The summed E-state index contributed by atoms with van der Waals surface area (Å²) in [7, 11) is 2.00. The third-order valence-electron chi connectivity index (χ3n) is 3.90. The smallest absolute Gasteiger partial charge is 0.0770 e. The highest BCUT2D eigenvalue weighted by Gasteiger charge is 2.26. The molecular formula is C16H20N2O. The molecule has 0 saturated carbocycles. The average Bonchev–Trinajstić information content (AvgIpc) is 2.49. The van der Waals surface area contributed by atoms with Crippen molar-refractivity contribution < 1.29 is 4.74 Å². The molecule has 1 saturated heterocycles. The van der Waals surface area contributed by atoms with Crippen LogP contribution in [0.1, 0.15) is 30.9 Å². The normalized spacial score (nSPS) is 21.4. The number of hydrogen-bond donors (Lipinski definition) is 1. The summed E-state index contributed by atoms with van der Waals surface area (Å²) in [6.07, 6.45) is 5.67. The first-order valence-electron chi connectivity index (χ1n) is 7.02. The van der Waals surface area contributed by atoms with Crippen molar-refractivity contribution >= 4 is 10.9 Å². The average molecular weight is 256 g/mol. The van der Waals surface area contributed by atoms with Gasteiger partial charge in [-0.2, -0.15) is 0 Å². The lowest BCUT2D eigenvalue weighted by Gasteiger charge is -2.31. The first-order valence-corrected chi connectivity index (χ1v) is 7.02. The molecular weight excluding hydrogens is 236 g/mol. The van der Waals surface area contributed by atoms with E-state index in [1.165, 1.54) is 23.8 Å². The predicted octanol–water partition coefficient (Wildman–Crippen LogP) is 3.06. The molecule has 2 unspecified atom stereocenters. The Balaban J connectivity index is 2.00. The van der Waals surface area contributed by atoms with Gasteiger partial charge >= 0.3 is 0 Å². The van der Waals surface area contributed by atoms with E-state index >= 15 is 0 Å². The molecule has 1 aromatic heterocycles. The molecule has 3 nitrogen and oxygen atoms in total. The number of nitrogens with zero attached hydrogens (tertiary/aromatic N) is 1. The standard InChI is InChI=1S/C16H20N2O/c1-17-16(14-9-2-3-11-19-14)13-8-4-6-12-7-5-10-18-15(12)13/h4-8,10,14,16-17H,2-3,9,11H2,1H3. The Kier molecular flexibility index (Phi) is 3.76. The molecule has 2 aromatic rings. The molecule has 1 aliphatic rings. The van der Waals surface area contributed by atoms with Crippen LogP contribution in [0.25, 0.3) is 10.9 Å². The molecule has 1 N–H and O–H groups in total. The minimum absolute atomic E-state index is 0.221. The third-order valence-corrected chi connectivity index (χ3v) is 3.90. The summed E-state index contributed by atoms with van der Waals surface area (Å²) in [6.45, 7) is 0.876. The van der Waals surface area contributed by atoms with E-state index < -0.39 is 0 Å². The Labute approximate surface area is 114 Å². The van der Waals surface area contributed by atoms with Gasteiger partial charge < -0.3 is 10.1 Å². The number of nitrogens with one attached hydrogen (secondary N) is 1. The third kappa shape index (κ3) is 2.48. The SMILES string of the molecule is CNC(c1cccc2cccnc12)C1CCCCO1. The van der Waals surface area contributed by atoms with Crippen LogP contribution in [-0.4, -0.2) is 24.7 Å². The maximum absolute atomic E-state index is 5.94. The van der Waals surface area contributed by atoms with E-state index in [0.29, 0.717) is 0 Å². The maximum atomic E-state index is 5.94. The van der Waals surface area contributed by atoms with Gasteiger partial charge in [-0.05, 0) is 37.9 Å². The van der Waals surface area contributed by atoms with Crippen molar-refractivity contribution in [2.45, 2.75) is 31.4 Å². The second kappa shape index (κ2) is 5.68. The molecule has 1 fully saturated rings. The summed E-state index contributed by atoms with van der Waals surface area (Å²) in [5.41, 5.74) is 2.33. The monoisotopic (exact) mass is 256 g/mol. The van der Waals surface area contributed by atoms with Crippen LogP contribution in [0.2, 0.25) is 0 Å². The molecule has 3 rings (SSSR count). The first-order chi connectivity index (χ1) is 9.40. The van der Waals surface area contributed by atoms with Crippen molar-refractivity contribution in [1.29, 1.82) is 0 Å².